The number of hydrogen-bond acceptors (Lipinski definition) is 5. The van der Waals surface area contributed by atoms with Gasteiger partial charge in [0.2, 0.25) is 21.8 Å². The molecule has 0 unspecified atom stereocenters. The molecule has 8 nitrogen and oxygen atoms in total. The van der Waals surface area contributed by atoms with Crippen molar-refractivity contribution in [2.24, 2.45) is 0 Å². The zero-order chi connectivity index (χ0) is 22.1. The summed E-state index contributed by atoms with van der Waals surface area (Å²) in [6, 6.07) is 14.7. The average molecular weight is 433 g/mol. The molecule has 2 amide bonds. The minimum Gasteiger partial charge on any atom is -0.375 e. The Morgan fingerprint density at radius 2 is 1.67 bits per heavy atom. The monoisotopic (exact) mass is 432 g/mol. The Morgan fingerprint density at radius 3 is 2.27 bits per heavy atom. The second kappa shape index (κ2) is 10.7. The first-order valence-electron chi connectivity index (χ1n) is 9.63. The molecule has 0 radical (unpaired) electrons. The number of sulfonamides is 1. The maximum Gasteiger partial charge on any atom is 0.241 e. The number of anilines is 2. The van der Waals surface area contributed by atoms with Crippen molar-refractivity contribution in [3.8, 4) is 0 Å². The van der Waals surface area contributed by atoms with Gasteiger partial charge in [0, 0.05) is 38.4 Å². The third-order valence-electron chi connectivity index (χ3n) is 4.38. The van der Waals surface area contributed by atoms with Gasteiger partial charge in [-0.1, -0.05) is 18.2 Å². The normalized spacial score (nSPS) is 12.1. The van der Waals surface area contributed by atoms with Gasteiger partial charge in [-0.2, -0.15) is 4.72 Å². The fraction of sp³-hybridized carbons (Fsp3) is 0.333. The van der Waals surface area contributed by atoms with E-state index in [9.17, 15) is 18.0 Å². The van der Waals surface area contributed by atoms with Crippen molar-refractivity contribution in [2.75, 3.05) is 30.4 Å². The van der Waals surface area contributed by atoms with Crippen molar-refractivity contribution < 1.29 is 18.0 Å². The van der Waals surface area contributed by atoms with Gasteiger partial charge in [-0.15, -0.1) is 0 Å². The largest absolute Gasteiger partial charge is 0.375 e. The Labute approximate surface area is 177 Å². The summed E-state index contributed by atoms with van der Waals surface area (Å²) >= 11 is 0. The average Bonchev–Trinajstić information content (AvgIpc) is 2.71. The van der Waals surface area contributed by atoms with E-state index in [1.165, 1.54) is 38.1 Å². The quantitative estimate of drug-likeness (QED) is 0.498. The Kier molecular flexibility index (Phi) is 8.37. The van der Waals surface area contributed by atoms with Gasteiger partial charge in [-0.3, -0.25) is 9.59 Å². The summed E-state index contributed by atoms with van der Waals surface area (Å²) in [5, 5.41) is 5.32. The van der Waals surface area contributed by atoms with Crippen LogP contribution in [0.5, 0.6) is 0 Å². The molecule has 0 aliphatic carbocycles. The minimum absolute atomic E-state index is 0.0146. The first kappa shape index (κ1) is 23.4. The van der Waals surface area contributed by atoms with Crippen LogP contribution in [0.2, 0.25) is 0 Å². The Balaban J connectivity index is 1.80. The van der Waals surface area contributed by atoms with Crippen LogP contribution in [-0.4, -0.2) is 46.4 Å². The number of nitrogens with one attached hydrogen (secondary N) is 3. The van der Waals surface area contributed by atoms with Crippen LogP contribution in [-0.2, 0) is 19.6 Å². The molecule has 0 spiro atoms. The molecular formula is C21H28N4O4S. The van der Waals surface area contributed by atoms with Gasteiger partial charge < -0.3 is 15.5 Å². The van der Waals surface area contributed by atoms with Crippen LogP contribution in [0.15, 0.2) is 59.5 Å². The summed E-state index contributed by atoms with van der Waals surface area (Å²) in [6.07, 6.45) is 0.723. The topological polar surface area (TPSA) is 108 Å². The van der Waals surface area contributed by atoms with Gasteiger partial charge in [0.05, 0.1) is 10.9 Å². The molecule has 0 aliphatic rings. The number of amides is 2. The highest BCUT2D eigenvalue weighted by molar-refractivity contribution is 7.89. The fourth-order valence-electron chi connectivity index (χ4n) is 2.77. The number of carbonyl (C=O) groups excluding carboxylic acids is 2. The summed E-state index contributed by atoms with van der Waals surface area (Å²) in [5.41, 5.74) is 1.59. The molecule has 162 valence electrons. The second-order valence-corrected chi connectivity index (χ2v) is 8.66. The predicted octanol–water partition coefficient (Wildman–Crippen LogP) is 1.95. The van der Waals surface area contributed by atoms with E-state index in [4.69, 9.17) is 0 Å². The maximum atomic E-state index is 12.5. The lowest BCUT2D eigenvalue weighted by Gasteiger charge is -2.19. The van der Waals surface area contributed by atoms with E-state index in [-0.39, 0.29) is 10.8 Å². The standard InChI is InChI=1S/C21H28N4O4S/c1-16(21(27)22-14-7-15-25(3)19-8-5-4-6-9-19)24-30(28,29)20-12-10-18(11-13-20)23-17(2)26/h4-6,8-13,16,24H,7,14-15H2,1-3H3,(H,22,27)(H,23,26)/t16-/m0/s1. The molecule has 9 heteroatoms. The highest BCUT2D eigenvalue weighted by Gasteiger charge is 2.21. The summed E-state index contributed by atoms with van der Waals surface area (Å²) in [4.78, 5) is 25.4. The lowest BCUT2D eigenvalue weighted by atomic mass is 10.3. The van der Waals surface area contributed by atoms with Crippen LogP contribution in [0.25, 0.3) is 0 Å². The molecule has 0 bridgehead atoms. The highest BCUT2D eigenvalue weighted by atomic mass is 32.2. The van der Waals surface area contributed by atoms with Gasteiger partial charge in [0.25, 0.3) is 0 Å². The summed E-state index contributed by atoms with van der Waals surface area (Å²) < 4.78 is 27.3. The van der Waals surface area contributed by atoms with E-state index in [1.807, 2.05) is 37.4 Å². The highest BCUT2D eigenvalue weighted by Crippen LogP contribution is 2.14. The zero-order valence-corrected chi connectivity index (χ0v) is 18.2. The van der Waals surface area contributed by atoms with Crippen molar-refractivity contribution in [3.63, 3.8) is 0 Å². The van der Waals surface area contributed by atoms with Crippen LogP contribution in [0.4, 0.5) is 11.4 Å². The van der Waals surface area contributed by atoms with Crippen LogP contribution < -0.4 is 20.3 Å². The lowest BCUT2D eigenvalue weighted by molar-refractivity contribution is -0.122. The van der Waals surface area contributed by atoms with E-state index >= 15 is 0 Å². The Morgan fingerprint density at radius 1 is 1.03 bits per heavy atom. The molecule has 0 saturated heterocycles. The molecule has 0 heterocycles. The number of para-hydroxylation sites is 1. The first-order chi connectivity index (χ1) is 14.2. The van der Waals surface area contributed by atoms with E-state index in [0.29, 0.717) is 12.2 Å². The van der Waals surface area contributed by atoms with Gasteiger partial charge in [0.1, 0.15) is 0 Å². The van der Waals surface area contributed by atoms with Crippen LogP contribution in [0.1, 0.15) is 20.3 Å². The smallest absolute Gasteiger partial charge is 0.241 e. The van der Waals surface area contributed by atoms with Crippen molar-refractivity contribution >= 4 is 33.2 Å². The van der Waals surface area contributed by atoms with Crippen molar-refractivity contribution in [1.82, 2.24) is 10.0 Å². The third kappa shape index (κ3) is 7.16. The fourth-order valence-corrected chi connectivity index (χ4v) is 3.97. The molecule has 30 heavy (non-hydrogen) atoms. The first-order valence-corrected chi connectivity index (χ1v) is 11.1. The molecule has 0 aliphatic heterocycles. The number of benzene rings is 2. The second-order valence-electron chi connectivity index (χ2n) is 6.95. The van der Waals surface area contributed by atoms with E-state index in [2.05, 4.69) is 20.3 Å². The molecule has 0 aromatic heterocycles. The molecule has 3 N–H and O–H groups in total. The van der Waals surface area contributed by atoms with Crippen LogP contribution >= 0.6 is 0 Å². The Hall–Kier alpha value is -2.91. The molecule has 0 saturated carbocycles. The van der Waals surface area contributed by atoms with Gasteiger partial charge in [-0.05, 0) is 49.7 Å². The summed E-state index contributed by atoms with van der Waals surface area (Å²) in [5.74, 6) is -0.639. The summed E-state index contributed by atoms with van der Waals surface area (Å²) in [6.45, 7) is 4.05. The number of hydrogen-bond donors (Lipinski definition) is 3. The SMILES string of the molecule is CC(=O)Nc1ccc(S(=O)(=O)N[C@@H](C)C(=O)NCCCN(C)c2ccccc2)cc1. The minimum atomic E-state index is -3.86. The van der Waals surface area contributed by atoms with Gasteiger partial charge in [0.15, 0.2) is 0 Å². The van der Waals surface area contributed by atoms with Crippen LogP contribution in [0, 0.1) is 0 Å². The maximum absolute atomic E-state index is 12.5. The van der Waals surface area contributed by atoms with Gasteiger partial charge >= 0.3 is 0 Å². The van der Waals surface area contributed by atoms with Crippen molar-refractivity contribution in [2.45, 2.75) is 31.2 Å². The van der Waals surface area contributed by atoms with Crippen molar-refractivity contribution in [3.05, 3.63) is 54.6 Å². The van der Waals surface area contributed by atoms with E-state index in [1.54, 1.807) is 0 Å². The van der Waals surface area contributed by atoms with Gasteiger partial charge in [-0.25, -0.2) is 8.42 Å². The predicted molar refractivity (Wildman–Crippen MR) is 118 cm³/mol. The van der Waals surface area contributed by atoms with Crippen LogP contribution in [0.3, 0.4) is 0 Å². The lowest BCUT2D eigenvalue weighted by Crippen LogP contribution is -2.45. The number of rotatable bonds is 10. The summed E-state index contributed by atoms with van der Waals surface area (Å²) in [7, 11) is -1.88. The van der Waals surface area contributed by atoms with E-state index in [0.717, 1.165) is 18.7 Å². The molecule has 2 aromatic carbocycles. The number of nitrogens with zero attached hydrogens (tertiary/aromatic N) is 1. The third-order valence-corrected chi connectivity index (χ3v) is 5.93. The molecular weight excluding hydrogens is 404 g/mol. The van der Waals surface area contributed by atoms with E-state index < -0.39 is 22.0 Å². The number of carbonyl (C=O) groups is 2. The zero-order valence-electron chi connectivity index (χ0n) is 17.4. The Bertz CT molecular complexity index is 947. The molecule has 2 rings (SSSR count). The molecule has 0 fully saturated rings. The molecule has 1 atom stereocenters. The van der Waals surface area contributed by atoms with Crippen molar-refractivity contribution in [1.29, 1.82) is 0 Å². The molecule has 2 aromatic rings.